The molecular weight excluding hydrogens is 286 g/mol. The van der Waals surface area contributed by atoms with E-state index in [1.165, 1.54) is 0 Å². The molecule has 2 rings (SSSR count). The van der Waals surface area contributed by atoms with Gasteiger partial charge >= 0.3 is 5.97 Å². The molecule has 0 fully saturated rings. The van der Waals surface area contributed by atoms with Crippen LogP contribution >= 0.6 is 15.9 Å². The highest BCUT2D eigenvalue weighted by atomic mass is 79.9. The number of carbonyl (C=O) groups excluding carboxylic acids is 1. The van der Waals surface area contributed by atoms with Gasteiger partial charge in [0.2, 0.25) is 6.04 Å². The monoisotopic (exact) mass is 295 g/mol. The van der Waals surface area contributed by atoms with E-state index in [-0.39, 0.29) is 0 Å². The van der Waals surface area contributed by atoms with E-state index in [0.717, 1.165) is 15.7 Å². The molecule has 0 spiro atoms. The lowest BCUT2D eigenvalue weighted by atomic mass is 10.2. The molecule has 1 aromatic carbocycles. The summed E-state index contributed by atoms with van der Waals surface area (Å²) in [6, 6.07) is 4.92. The molecule has 0 saturated heterocycles. The molecule has 1 atom stereocenters. The first-order valence-corrected chi connectivity index (χ1v) is 5.79. The van der Waals surface area contributed by atoms with Gasteiger partial charge in [-0.15, -0.1) is 0 Å². The molecule has 5 nitrogen and oxygen atoms in total. The molecule has 1 aliphatic rings. The van der Waals surface area contributed by atoms with Crippen molar-refractivity contribution in [1.82, 2.24) is 0 Å². The molecular formula is C11H10BrN3O2. The Bertz CT molecular complexity index is 525. The molecule has 0 unspecified atom stereocenters. The van der Waals surface area contributed by atoms with E-state index in [2.05, 4.69) is 36.2 Å². The average molecular weight is 296 g/mol. The van der Waals surface area contributed by atoms with Crippen molar-refractivity contribution in [2.45, 2.75) is 19.9 Å². The quantitative estimate of drug-likeness (QED) is 0.621. The van der Waals surface area contributed by atoms with E-state index < -0.39 is 12.0 Å². The molecule has 1 heterocycles. The summed E-state index contributed by atoms with van der Waals surface area (Å²) in [5.74, 6) is -0.485. The van der Waals surface area contributed by atoms with Gasteiger partial charge < -0.3 is 4.84 Å². The second-order valence-corrected chi connectivity index (χ2v) is 4.61. The number of carbonyl (C=O) groups is 1. The first-order chi connectivity index (χ1) is 8.08. The summed E-state index contributed by atoms with van der Waals surface area (Å²) >= 11 is 3.37. The zero-order valence-electron chi connectivity index (χ0n) is 9.35. The number of hydrogen-bond donors (Lipinski definition) is 0. The van der Waals surface area contributed by atoms with Crippen LogP contribution in [0.2, 0.25) is 0 Å². The number of oxime groups is 1. The second-order valence-electron chi connectivity index (χ2n) is 3.69. The Labute approximate surface area is 107 Å². The lowest BCUT2D eigenvalue weighted by molar-refractivity contribution is -0.141. The van der Waals surface area contributed by atoms with E-state index in [9.17, 15) is 4.79 Å². The van der Waals surface area contributed by atoms with Crippen molar-refractivity contribution in [3.05, 3.63) is 28.2 Å². The number of halogens is 1. The van der Waals surface area contributed by atoms with Gasteiger partial charge in [0.1, 0.15) is 0 Å². The van der Waals surface area contributed by atoms with Crippen molar-refractivity contribution in [3.8, 4) is 0 Å². The molecule has 0 aromatic heterocycles. The Hall–Kier alpha value is -1.56. The summed E-state index contributed by atoms with van der Waals surface area (Å²) in [4.78, 5) is 15.8. The van der Waals surface area contributed by atoms with Gasteiger partial charge in [0, 0.05) is 4.47 Å². The maximum absolute atomic E-state index is 11.2. The van der Waals surface area contributed by atoms with Crippen LogP contribution in [-0.2, 0) is 9.63 Å². The van der Waals surface area contributed by atoms with Gasteiger partial charge in [-0.1, -0.05) is 21.1 Å². The largest absolute Gasteiger partial charge is 0.367 e. The third kappa shape index (κ3) is 2.58. The standard InChI is InChI=1S/C11H10BrN3O2/c1-6-5-8(12)3-4-9(6)13-14-10-7(2)15-17-11(10)16/h3-5,10H,1-2H3/t10-/m0/s1. The second kappa shape index (κ2) is 4.75. The first kappa shape index (κ1) is 11.9. The normalized spacial score (nSPS) is 19.6. The van der Waals surface area contributed by atoms with Crippen molar-refractivity contribution in [3.63, 3.8) is 0 Å². The maximum Gasteiger partial charge on any atom is 0.367 e. The van der Waals surface area contributed by atoms with Crippen LogP contribution < -0.4 is 0 Å². The average Bonchev–Trinajstić information content (AvgIpc) is 2.58. The van der Waals surface area contributed by atoms with Crippen LogP contribution in [0.3, 0.4) is 0 Å². The number of nitrogens with zero attached hydrogens (tertiary/aromatic N) is 3. The SMILES string of the molecule is CC1=NOC(=O)[C@H]1N=Nc1ccc(Br)cc1C. The Morgan fingerprint density at radius 3 is 2.76 bits per heavy atom. The topological polar surface area (TPSA) is 63.4 Å². The summed E-state index contributed by atoms with van der Waals surface area (Å²) in [5.41, 5.74) is 2.22. The fourth-order valence-corrected chi connectivity index (χ4v) is 1.84. The number of hydrogen-bond acceptors (Lipinski definition) is 5. The highest BCUT2D eigenvalue weighted by molar-refractivity contribution is 9.10. The van der Waals surface area contributed by atoms with Crippen LogP contribution in [0.1, 0.15) is 12.5 Å². The molecule has 0 bridgehead atoms. The highest BCUT2D eigenvalue weighted by Gasteiger charge is 2.29. The summed E-state index contributed by atoms with van der Waals surface area (Å²) < 4.78 is 0.979. The molecule has 1 aromatic rings. The minimum atomic E-state index is -0.710. The fourth-order valence-electron chi connectivity index (χ4n) is 1.37. The zero-order chi connectivity index (χ0) is 12.4. The summed E-state index contributed by atoms with van der Waals surface area (Å²) in [6.07, 6.45) is 0. The summed E-state index contributed by atoms with van der Waals surface area (Å²) in [5, 5.41) is 11.6. The van der Waals surface area contributed by atoms with Crippen molar-refractivity contribution in [2.75, 3.05) is 0 Å². The smallest absolute Gasteiger partial charge is 0.315 e. The Morgan fingerprint density at radius 1 is 1.41 bits per heavy atom. The van der Waals surface area contributed by atoms with Gasteiger partial charge in [-0.05, 0) is 37.6 Å². The van der Waals surface area contributed by atoms with Crippen LogP contribution in [0.5, 0.6) is 0 Å². The van der Waals surface area contributed by atoms with Crippen LogP contribution in [0.4, 0.5) is 5.69 Å². The van der Waals surface area contributed by atoms with Crippen LogP contribution in [0.25, 0.3) is 0 Å². The molecule has 0 saturated carbocycles. The molecule has 1 aliphatic heterocycles. The molecule has 0 aliphatic carbocycles. The van der Waals surface area contributed by atoms with Crippen LogP contribution in [0, 0.1) is 6.92 Å². The summed E-state index contributed by atoms with van der Waals surface area (Å²) in [7, 11) is 0. The Kier molecular flexibility index (Phi) is 3.33. The van der Waals surface area contributed by atoms with E-state index in [0.29, 0.717) is 5.71 Å². The number of benzene rings is 1. The highest BCUT2D eigenvalue weighted by Crippen LogP contribution is 2.23. The number of azo groups is 1. The van der Waals surface area contributed by atoms with Crippen LogP contribution in [-0.4, -0.2) is 17.7 Å². The first-order valence-electron chi connectivity index (χ1n) is 5.00. The zero-order valence-corrected chi connectivity index (χ0v) is 10.9. The lowest BCUT2D eigenvalue weighted by Crippen LogP contribution is -2.19. The molecule has 17 heavy (non-hydrogen) atoms. The predicted octanol–water partition coefficient (Wildman–Crippen LogP) is 3.14. The number of rotatable bonds is 2. The molecule has 0 amide bonds. The number of aryl methyl sites for hydroxylation is 1. The van der Waals surface area contributed by atoms with Gasteiger partial charge in [0.15, 0.2) is 0 Å². The van der Waals surface area contributed by atoms with Crippen molar-refractivity contribution >= 4 is 33.3 Å². The van der Waals surface area contributed by atoms with Gasteiger partial charge in [0.05, 0.1) is 11.4 Å². The maximum atomic E-state index is 11.2. The lowest BCUT2D eigenvalue weighted by Gasteiger charge is -2.01. The molecule has 6 heteroatoms. The van der Waals surface area contributed by atoms with E-state index >= 15 is 0 Å². The minimum Gasteiger partial charge on any atom is -0.315 e. The van der Waals surface area contributed by atoms with Crippen molar-refractivity contribution in [2.24, 2.45) is 15.4 Å². The molecule has 0 N–H and O–H groups in total. The molecule has 88 valence electrons. The van der Waals surface area contributed by atoms with Gasteiger partial charge in [-0.2, -0.15) is 10.2 Å². The van der Waals surface area contributed by atoms with Gasteiger partial charge in [0.25, 0.3) is 0 Å². The third-order valence-electron chi connectivity index (χ3n) is 2.34. The van der Waals surface area contributed by atoms with E-state index in [4.69, 9.17) is 0 Å². The van der Waals surface area contributed by atoms with Gasteiger partial charge in [-0.3, -0.25) is 0 Å². The van der Waals surface area contributed by atoms with Crippen LogP contribution in [0.15, 0.2) is 38.1 Å². The van der Waals surface area contributed by atoms with Crippen molar-refractivity contribution < 1.29 is 9.63 Å². The summed E-state index contributed by atoms with van der Waals surface area (Å²) in [6.45, 7) is 3.61. The van der Waals surface area contributed by atoms with E-state index in [1.807, 2.05) is 25.1 Å². The van der Waals surface area contributed by atoms with E-state index in [1.54, 1.807) is 6.92 Å². The van der Waals surface area contributed by atoms with Crippen molar-refractivity contribution in [1.29, 1.82) is 0 Å². The molecule has 0 radical (unpaired) electrons. The third-order valence-corrected chi connectivity index (χ3v) is 2.83. The predicted molar refractivity (Wildman–Crippen MR) is 66.4 cm³/mol. The minimum absolute atomic E-state index is 0.485. The fraction of sp³-hybridized carbons (Fsp3) is 0.273. The Morgan fingerprint density at radius 2 is 2.18 bits per heavy atom. The Balaban J connectivity index is 2.20. The van der Waals surface area contributed by atoms with Gasteiger partial charge in [-0.25, -0.2) is 4.79 Å².